The van der Waals surface area contributed by atoms with Crippen LogP contribution in [0.5, 0.6) is 0 Å². The second-order valence-corrected chi connectivity index (χ2v) is 30.8. The zero-order valence-electron chi connectivity index (χ0n) is 92.9. The zero-order valence-corrected chi connectivity index (χ0v) is 92.9. The van der Waals surface area contributed by atoms with Gasteiger partial charge in [0.05, 0.1) is 13.2 Å². The standard InChI is InChI=1S/2C7H14O2.18C5H10O2/c2*1-3-5-6-7(8)9-4-2;18*1-2-3-4-5(6)7/h2*3-6H2,1-2H3;18*2-4H2,1H3,(H,6,7). The fourth-order valence-corrected chi connectivity index (χ4v) is 7.01. The minimum Gasteiger partial charge on any atom is -0.481 e. The minimum atomic E-state index is -0.693. The van der Waals surface area contributed by atoms with Crippen molar-refractivity contribution in [2.75, 3.05) is 13.2 Å². The molecule has 0 radical (unpaired) electrons. The van der Waals surface area contributed by atoms with E-state index < -0.39 is 107 Å². The largest absolute Gasteiger partial charge is 0.481 e. The van der Waals surface area contributed by atoms with E-state index in [-0.39, 0.29) is 11.9 Å². The van der Waals surface area contributed by atoms with Gasteiger partial charge in [0.25, 0.3) is 0 Å². The Kier molecular flexibility index (Phi) is 224. The highest BCUT2D eigenvalue weighted by Gasteiger charge is 2.03. The molecule has 0 saturated heterocycles. The number of aliphatic carboxylic acids is 18. The summed E-state index contributed by atoms with van der Waals surface area (Å²) in [5, 5.41) is 145. The third-order valence-electron chi connectivity index (χ3n) is 15.5. The van der Waals surface area contributed by atoms with E-state index >= 15 is 0 Å². The lowest BCUT2D eigenvalue weighted by atomic mass is 10.3. The van der Waals surface area contributed by atoms with E-state index in [0.717, 1.165) is 257 Å². The number of carbonyl (C=O) groups is 20. The van der Waals surface area contributed by atoms with Gasteiger partial charge < -0.3 is 101 Å². The normalized spacial score (nSPS) is 8.76. The van der Waals surface area contributed by atoms with Crippen LogP contribution in [0.3, 0.4) is 0 Å². The van der Waals surface area contributed by atoms with E-state index in [1.807, 2.05) is 138 Å². The molecule has 0 saturated carbocycles. The zero-order chi connectivity index (χ0) is 117. The topological polar surface area (TPSA) is 724 Å². The maximum absolute atomic E-state index is 10.6. The van der Waals surface area contributed by atoms with Crippen LogP contribution in [-0.2, 0) is 105 Å². The predicted molar refractivity (Wildman–Crippen MR) is 561 cm³/mol. The first-order chi connectivity index (χ1) is 67.5. The first-order valence-electron chi connectivity index (χ1n) is 51.7. The number of ether oxygens (including phenoxy) is 2. The van der Waals surface area contributed by atoms with Gasteiger partial charge in [-0.25, -0.2) is 0 Å². The quantitative estimate of drug-likeness (QED) is 0.0251. The van der Waals surface area contributed by atoms with Gasteiger partial charge in [-0.2, -0.15) is 0 Å². The van der Waals surface area contributed by atoms with Gasteiger partial charge in [-0.15, -0.1) is 0 Å². The third kappa shape index (κ3) is 393. The average Bonchev–Trinajstić information content (AvgIpc) is 1.08. The van der Waals surface area contributed by atoms with Gasteiger partial charge in [-0.1, -0.05) is 267 Å². The molecular weight excluding hydrogens is 1890 g/mol. The Morgan fingerprint density at radius 3 is 0.201 bits per heavy atom. The molecule has 0 aliphatic heterocycles. The van der Waals surface area contributed by atoms with Gasteiger partial charge in [0, 0.05) is 128 Å². The van der Waals surface area contributed by atoms with E-state index in [2.05, 4.69) is 13.8 Å². The lowest BCUT2D eigenvalue weighted by molar-refractivity contribution is -0.144. The van der Waals surface area contributed by atoms with Crippen LogP contribution in [0.2, 0.25) is 0 Å². The van der Waals surface area contributed by atoms with Crippen molar-refractivity contribution in [3.63, 3.8) is 0 Å². The van der Waals surface area contributed by atoms with Crippen LogP contribution in [0.15, 0.2) is 0 Å². The molecule has 0 spiro atoms. The molecule has 40 heteroatoms. The van der Waals surface area contributed by atoms with E-state index in [9.17, 15) is 95.9 Å². The predicted octanol–water partition coefficient (Wildman–Crippen LogP) is 26.2. The average molecular weight is 2100 g/mol. The molecule has 0 unspecified atom stereocenters. The van der Waals surface area contributed by atoms with Gasteiger partial charge in [-0.3, -0.25) is 95.9 Å². The highest BCUT2D eigenvalue weighted by Crippen LogP contribution is 2.03. The second-order valence-electron chi connectivity index (χ2n) is 30.8. The molecule has 0 bridgehead atoms. The molecular formula is C104H208O40. The van der Waals surface area contributed by atoms with Gasteiger partial charge in [0.1, 0.15) is 0 Å². The maximum atomic E-state index is 10.6. The summed E-state index contributed by atoms with van der Waals surface area (Å²) in [7, 11) is 0. The van der Waals surface area contributed by atoms with Crippen molar-refractivity contribution in [2.45, 2.75) is 538 Å². The second kappa shape index (κ2) is 178. The van der Waals surface area contributed by atoms with Gasteiger partial charge >= 0.3 is 119 Å². The van der Waals surface area contributed by atoms with E-state index in [0.29, 0.717) is 142 Å². The molecule has 0 atom stereocenters. The Hall–Kier alpha value is -10.6. The Labute approximate surface area is 863 Å². The number of rotatable bonds is 62. The number of esters is 2. The summed E-state index contributed by atoms with van der Waals surface area (Å²) >= 11 is 0. The molecule has 864 valence electrons. The van der Waals surface area contributed by atoms with E-state index in [4.69, 9.17) is 101 Å². The van der Waals surface area contributed by atoms with Crippen LogP contribution in [0.1, 0.15) is 538 Å². The minimum absolute atomic E-state index is 0.0700. The lowest BCUT2D eigenvalue weighted by Gasteiger charge is -1.97. The maximum Gasteiger partial charge on any atom is 0.305 e. The molecule has 0 aromatic rings. The summed E-state index contributed by atoms with van der Waals surface area (Å²) in [6, 6.07) is 0. The summed E-state index contributed by atoms with van der Waals surface area (Å²) in [4.78, 5) is 197. The Bertz CT molecular complexity index is 2110. The smallest absolute Gasteiger partial charge is 0.305 e. The summed E-state index contributed by atoms with van der Waals surface area (Å²) in [5.41, 5.74) is 0. The van der Waals surface area contributed by atoms with Gasteiger partial charge in [0.2, 0.25) is 0 Å². The molecule has 0 aromatic heterocycles. The molecule has 40 nitrogen and oxygen atoms in total. The summed E-state index contributed by atoms with van der Waals surface area (Å²) < 4.78 is 9.41. The van der Waals surface area contributed by atoms with Crippen LogP contribution in [0.25, 0.3) is 0 Å². The van der Waals surface area contributed by atoms with E-state index in [1.165, 1.54) is 0 Å². The molecule has 0 heterocycles. The summed E-state index contributed by atoms with van der Waals surface area (Å²) in [6.07, 6.45) is 42.6. The molecule has 0 amide bonds. The van der Waals surface area contributed by atoms with Crippen LogP contribution in [0, 0.1) is 0 Å². The Balaban J connectivity index is -0.0000000625. The lowest BCUT2D eigenvalue weighted by Crippen LogP contribution is -2.02. The highest BCUT2D eigenvalue weighted by atomic mass is 16.5. The van der Waals surface area contributed by atoms with Crippen LogP contribution in [-0.4, -0.2) is 225 Å². The van der Waals surface area contributed by atoms with Crippen LogP contribution in [0.4, 0.5) is 0 Å². The van der Waals surface area contributed by atoms with Crippen molar-refractivity contribution in [1.29, 1.82) is 0 Å². The number of hydrogen-bond acceptors (Lipinski definition) is 22. The fraction of sp³-hybridized carbons (Fsp3) is 0.808. The van der Waals surface area contributed by atoms with Crippen molar-refractivity contribution in [2.24, 2.45) is 0 Å². The van der Waals surface area contributed by atoms with E-state index in [1.54, 1.807) is 0 Å². The molecule has 0 aromatic carbocycles. The molecule has 144 heavy (non-hydrogen) atoms. The van der Waals surface area contributed by atoms with Crippen LogP contribution < -0.4 is 0 Å². The number of hydrogen-bond donors (Lipinski definition) is 18. The van der Waals surface area contributed by atoms with Crippen LogP contribution >= 0.6 is 0 Å². The monoisotopic (exact) mass is 2100 g/mol. The fourth-order valence-electron chi connectivity index (χ4n) is 7.01. The molecule has 18 N–H and O–H groups in total. The number of unbranched alkanes of at least 4 members (excludes halogenated alkanes) is 20. The van der Waals surface area contributed by atoms with Crippen molar-refractivity contribution in [3.8, 4) is 0 Å². The van der Waals surface area contributed by atoms with Crippen molar-refractivity contribution in [1.82, 2.24) is 0 Å². The molecule has 0 fully saturated rings. The summed E-state index contributed by atoms with van der Waals surface area (Å²) in [6.45, 7) is 44.3. The first-order valence-corrected chi connectivity index (χ1v) is 51.7. The Morgan fingerprint density at radius 1 is 0.111 bits per heavy atom. The Morgan fingerprint density at radius 2 is 0.167 bits per heavy atom. The van der Waals surface area contributed by atoms with Gasteiger partial charge in [0.15, 0.2) is 0 Å². The van der Waals surface area contributed by atoms with Crippen molar-refractivity contribution >= 4 is 119 Å². The number of carbonyl (C=O) groups excluding carboxylic acids is 2. The molecule has 0 aliphatic rings. The number of carboxylic acids is 18. The number of carboxylic acid groups (broad SMARTS) is 18. The highest BCUT2D eigenvalue weighted by molar-refractivity contribution is 5.72. The molecule has 0 rings (SSSR count). The SMILES string of the molecule is CCCCC(=O)O.CCCCC(=O)O.CCCCC(=O)O.CCCCC(=O)O.CCCCC(=O)O.CCCCC(=O)O.CCCCC(=O)O.CCCCC(=O)O.CCCCC(=O)O.CCCCC(=O)O.CCCCC(=O)O.CCCCC(=O)O.CCCCC(=O)O.CCCCC(=O)O.CCCCC(=O)O.CCCCC(=O)O.CCCCC(=O)O.CCCCC(=O)O.CCCCC(=O)OCC.CCCCC(=O)OCC. The third-order valence-corrected chi connectivity index (χ3v) is 15.5. The first kappa shape index (κ1) is 182. The molecule has 0 aliphatic carbocycles. The van der Waals surface area contributed by atoms with Gasteiger partial charge in [-0.05, 0) is 142 Å². The summed E-state index contributed by atoms with van der Waals surface area (Å²) in [5.74, 6) is -12.6. The van der Waals surface area contributed by atoms with Crippen molar-refractivity contribution in [3.05, 3.63) is 0 Å². The van der Waals surface area contributed by atoms with Crippen molar-refractivity contribution < 1.29 is 197 Å².